The number of benzene rings is 1. The number of nitrogens with zero attached hydrogens (tertiary/aromatic N) is 2. The fourth-order valence-electron chi connectivity index (χ4n) is 2.53. The SMILES string of the molecule is CSc1ccc([N+](=O)[O-])c(C(=O)N2CCCCC2C)c1. The molecule has 1 heterocycles. The third-order valence-electron chi connectivity index (χ3n) is 3.69. The highest BCUT2D eigenvalue weighted by Crippen LogP contribution is 2.28. The fourth-order valence-corrected chi connectivity index (χ4v) is 2.97. The van der Waals surface area contributed by atoms with E-state index in [-0.39, 0.29) is 23.2 Å². The maximum Gasteiger partial charge on any atom is 0.282 e. The Morgan fingerprint density at radius 2 is 2.20 bits per heavy atom. The van der Waals surface area contributed by atoms with Gasteiger partial charge in [-0.1, -0.05) is 0 Å². The second-order valence-electron chi connectivity index (χ2n) is 4.98. The summed E-state index contributed by atoms with van der Waals surface area (Å²) in [5.41, 5.74) is 0.0983. The zero-order chi connectivity index (χ0) is 14.7. The summed E-state index contributed by atoms with van der Waals surface area (Å²) in [4.78, 5) is 25.9. The highest BCUT2D eigenvalue weighted by molar-refractivity contribution is 7.98. The quantitative estimate of drug-likeness (QED) is 0.487. The van der Waals surface area contributed by atoms with E-state index in [1.165, 1.54) is 17.8 Å². The minimum Gasteiger partial charge on any atom is -0.336 e. The Balaban J connectivity index is 2.38. The summed E-state index contributed by atoms with van der Waals surface area (Å²) < 4.78 is 0. The molecule has 0 saturated carbocycles. The highest BCUT2D eigenvalue weighted by atomic mass is 32.2. The molecule has 1 aromatic rings. The van der Waals surface area contributed by atoms with Gasteiger partial charge in [0, 0.05) is 23.5 Å². The molecule has 1 aromatic carbocycles. The molecule has 1 atom stereocenters. The minimum absolute atomic E-state index is 0.106. The zero-order valence-corrected chi connectivity index (χ0v) is 12.5. The lowest BCUT2D eigenvalue weighted by atomic mass is 10.0. The zero-order valence-electron chi connectivity index (χ0n) is 11.7. The molecule has 2 rings (SSSR count). The van der Waals surface area contributed by atoms with Crippen LogP contribution in [0.2, 0.25) is 0 Å². The van der Waals surface area contributed by atoms with Crippen LogP contribution in [-0.4, -0.2) is 34.6 Å². The van der Waals surface area contributed by atoms with Crippen LogP contribution in [0.1, 0.15) is 36.5 Å². The lowest BCUT2D eigenvalue weighted by molar-refractivity contribution is -0.385. The van der Waals surface area contributed by atoms with Crippen LogP contribution >= 0.6 is 11.8 Å². The van der Waals surface area contributed by atoms with Crippen molar-refractivity contribution in [3.05, 3.63) is 33.9 Å². The van der Waals surface area contributed by atoms with E-state index in [0.717, 1.165) is 24.2 Å². The van der Waals surface area contributed by atoms with Gasteiger partial charge in [-0.25, -0.2) is 0 Å². The van der Waals surface area contributed by atoms with Crippen LogP contribution in [0.25, 0.3) is 0 Å². The van der Waals surface area contributed by atoms with E-state index < -0.39 is 4.92 Å². The Bertz CT molecular complexity index is 533. The lowest BCUT2D eigenvalue weighted by Gasteiger charge is -2.33. The van der Waals surface area contributed by atoms with Crippen LogP contribution < -0.4 is 0 Å². The predicted molar refractivity (Wildman–Crippen MR) is 79.2 cm³/mol. The van der Waals surface area contributed by atoms with Crippen molar-refractivity contribution < 1.29 is 9.72 Å². The Morgan fingerprint density at radius 1 is 1.45 bits per heavy atom. The maximum atomic E-state index is 12.6. The number of likely N-dealkylation sites (tertiary alicyclic amines) is 1. The second kappa shape index (κ2) is 6.26. The van der Waals surface area contributed by atoms with Crippen LogP contribution in [0.5, 0.6) is 0 Å². The number of thioether (sulfide) groups is 1. The van der Waals surface area contributed by atoms with Crippen LogP contribution in [0.4, 0.5) is 5.69 Å². The number of amides is 1. The second-order valence-corrected chi connectivity index (χ2v) is 5.86. The molecule has 0 aliphatic carbocycles. The summed E-state index contributed by atoms with van der Waals surface area (Å²) in [6.07, 6.45) is 4.92. The fraction of sp³-hybridized carbons (Fsp3) is 0.500. The standard InChI is InChI=1S/C14H18N2O3S/c1-10-5-3-4-8-15(10)14(17)12-9-11(20-2)6-7-13(12)16(18)19/h6-7,9-10H,3-5,8H2,1-2H3. The van der Waals surface area contributed by atoms with Crippen LogP contribution in [0.15, 0.2) is 23.1 Å². The van der Waals surface area contributed by atoms with Gasteiger partial charge in [0.15, 0.2) is 0 Å². The van der Waals surface area contributed by atoms with Crippen LogP contribution in [-0.2, 0) is 0 Å². The number of hydrogen-bond acceptors (Lipinski definition) is 4. The van der Waals surface area contributed by atoms with E-state index in [4.69, 9.17) is 0 Å². The number of nitro benzene ring substituents is 1. The van der Waals surface area contributed by atoms with Crippen molar-refractivity contribution in [1.29, 1.82) is 0 Å². The molecule has 1 unspecified atom stereocenters. The first-order valence-electron chi connectivity index (χ1n) is 6.68. The molecule has 108 valence electrons. The minimum atomic E-state index is -0.480. The molecule has 1 aliphatic heterocycles. The van der Waals surface area contributed by atoms with Crippen molar-refractivity contribution in [3.63, 3.8) is 0 Å². The monoisotopic (exact) mass is 294 g/mol. The largest absolute Gasteiger partial charge is 0.336 e. The van der Waals surface area contributed by atoms with Gasteiger partial charge in [0.05, 0.1) is 4.92 Å². The van der Waals surface area contributed by atoms with Gasteiger partial charge in [-0.15, -0.1) is 11.8 Å². The molecule has 1 fully saturated rings. The molecule has 0 N–H and O–H groups in total. The van der Waals surface area contributed by atoms with Gasteiger partial charge in [-0.05, 0) is 44.6 Å². The van der Waals surface area contributed by atoms with Gasteiger partial charge in [0.25, 0.3) is 11.6 Å². The molecule has 20 heavy (non-hydrogen) atoms. The summed E-state index contributed by atoms with van der Waals surface area (Å²) in [6, 6.07) is 4.88. The van der Waals surface area contributed by atoms with Crippen molar-refractivity contribution >= 4 is 23.4 Å². The number of nitro groups is 1. The Morgan fingerprint density at radius 3 is 2.80 bits per heavy atom. The van der Waals surface area contributed by atoms with E-state index >= 15 is 0 Å². The Labute approximate surface area is 122 Å². The number of carbonyl (C=O) groups excluding carboxylic acids is 1. The topological polar surface area (TPSA) is 63.5 Å². The van der Waals surface area contributed by atoms with Crippen molar-refractivity contribution in [2.75, 3.05) is 12.8 Å². The third-order valence-corrected chi connectivity index (χ3v) is 4.42. The van der Waals surface area contributed by atoms with Crippen molar-refractivity contribution in [3.8, 4) is 0 Å². The third kappa shape index (κ3) is 2.95. The van der Waals surface area contributed by atoms with Crippen molar-refractivity contribution in [2.45, 2.75) is 37.1 Å². The molecule has 0 radical (unpaired) electrons. The highest BCUT2D eigenvalue weighted by Gasteiger charge is 2.29. The first kappa shape index (κ1) is 14.8. The van der Waals surface area contributed by atoms with Crippen molar-refractivity contribution in [2.24, 2.45) is 0 Å². The maximum absolute atomic E-state index is 12.6. The van der Waals surface area contributed by atoms with Gasteiger partial charge in [0.1, 0.15) is 5.56 Å². The molecule has 1 aliphatic rings. The van der Waals surface area contributed by atoms with E-state index in [0.29, 0.717) is 6.54 Å². The van der Waals surface area contributed by atoms with Gasteiger partial charge in [-0.3, -0.25) is 14.9 Å². The molecule has 0 spiro atoms. The van der Waals surface area contributed by atoms with Gasteiger partial charge >= 0.3 is 0 Å². The van der Waals surface area contributed by atoms with E-state index in [2.05, 4.69) is 0 Å². The molecule has 6 heteroatoms. The average Bonchev–Trinajstić information content (AvgIpc) is 2.46. The smallest absolute Gasteiger partial charge is 0.282 e. The van der Waals surface area contributed by atoms with Crippen LogP contribution in [0.3, 0.4) is 0 Å². The first-order chi connectivity index (χ1) is 9.54. The summed E-state index contributed by atoms with van der Waals surface area (Å²) in [6.45, 7) is 2.68. The van der Waals surface area contributed by atoms with Gasteiger partial charge < -0.3 is 4.90 Å². The Hall–Kier alpha value is -1.56. The summed E-state index contributed by atoms with van der Waals surface area (Å²) in [7, 11) is 0. The normalized spacial score (nSPS) is 18.9. The molecule has 0 aromatic heterocycles. The average molecular weight is 294 g/mol. The number of carbonyl (C=O) groups is 1. The van der Waals surface area contributed by atoms with Gasteiger partial charge in [0.2, 0.25) is 0 Å². The first-order valence-corrected chi connectivity index (χ1v) is 7.90. The molecular weight excluding hydrogens is 276 g/mol. The van der Waals surface area contributed by atoms with E-state index in [9.17, 15) is 14.9 Å². The van der Waals surface area contributed by atoms with Crippen LogP contribution in [0, 0.1) is 10.1 Å². The summed E-state index contributed by atoms with van der Waals surface area (Å²) in [5.74, 6) is -0.222. The molecule has 1 amide bonds. The molecular formula is C14H18N2O3S. The number of piperidine rings is 1. The Kier molecular flexibility index (Phi) is 4.65. The van der Waals surface area contributed by atoms with Crippen molar-refractivity contribution in [1.82, 2.24) is 4.90 Å². The van der Waals surface area contributed by atoms with E-state index in [1.807, 2.05) is 13.2 Å². The molecule has 0 bridgehead atoms. The summed E-state index contributed by atoms with van der Waals surface area (Å²) >= 11 is 1.47. The van der Waals surface area contributed by atoms with E-state index in [1.54, 1.807) is 17.0 Å². The summed E-state index contributed by atoms with van der Waals surface area (Å²) in [5, 5.41) is 11.1. The lowest BCUT2D eigenvalue weighted by Crippen LogP contribution is -2.42. The predicted octanol–water partition coefficient (Wildman–Crippen LogP) is 3.33. The number of hydrogen-bond donors (Lipinski definition) is 0. The number of rotatable bonds is 3. The molecule has 5 nitrogen and oxygen atoms in total. The molecule has 1 saturated heterocycles. The van der Waals surface area contributed by atoms with Gasteiger partial charge in [-0.2, -0.15) is 0 Å².